The third-order valence-corrected chi connectivity index (χ3v) is 7.65. The van der Waals surface area contributed by atoms with Gasteiger partial charge in [-0.25, -0.2) is 0 Å². The lowest BCUT2D eigenvalue weighted by molar-refractivity contribution is 0.321. The van der Waals surface area contributed by atoms with Gasteiger partial charge in [-0.05, 0) is 72.6 Å². The van der Waals surface area contributed by atoms with Gasteiger partial charge >= 0.3 is 0 Å². The fourth-order valence-electron chi connectivity index (χ4n) is 4.03. The molecule has 0 radical (unpaired) electrons. The smallest absolute Gasteiger partial charge is 0.0135 e. The maximum Gasteiger partial charge on any atom is 0.0135 e. The lowest BCUT2D eigenvalue weighted by Gasteiger charge is -2.31. The summed E-state index contributed by atoms with van der Waals surface area (Å²) < 4.78 is 0.872. The first kappa shape index (κ1) is 18.0. The first-order chi connectivity index (χ1) is 11.7. The Hall–Kier alpha value is -0.830. The number of aryl methyl sites for hydroxylation is 1. The normalized spacial score (nSPS) is 22.3. The molecule has 0 amide bonds. The summed E-state index contributed by atoms with van der Waals surface area (Å²) in [5.41, 5.74) is 5.63. The number of rotatable bonds is 5. The zero-order valence-electron chi connectivity index (χ0n) is 15.0. The fraction of sp³-hybridized carbons (Fsp3) is 0.478. The van der Waals surface area contributed by atoms with Crippen LogP contribution in [0, 0.1) is 5.92 Å². The van der Waals surface area contributed by atoms with E-state index in [1.807, 2.05) is 0 Å². The summed E-state index contributed by atoms with van der Waals surface area (Å²) in [5, 5.41) is 0. The van der Waals surface area contributed by atoms with E-state index in [1.165, 1.54) is 48.8 Å². The highest BCUT2D eigenvalue weighted by Crippen LogP contribution is 2.39. The van der Waals surface area contributed by atoms with Crippen molar-refractivity contribution in [2.45, 2.75) is 62.2 Å². The highest BCUT2D eigenvalue weighted by atomic mass is 127. The first-order valence-corrected chi connectivity index (χ1v) is 10.8. The summed E-state index contributed by atoms with van der Waals surface area (Å²) in [6.45, 7) is 4.54. The van der Waals surface area contributed by atoms with E-state index in [4.69, 9.17) is 0 Å². The highest BCUT2D eigenvalue weighted by molar-refractivity contribution is 14.1. The lowest BCUT2D eigenvalue weighted by Crippen LogP contribution is -2.20. The Kier molecular flexibility index (Phi) is 6.37. The Morgan fingerprint density at radius 2 is 1.38 bits per heavy atom. The van der Waals surface area contributed by atoms with Gasteiger partial charge in [0.25, 0.3) is 0 Å². The second-order valence-corrected chi connectivity index (χ2v) is 8.81. The average molecular weight is 432 g/mol. The predicted molar refractivity (Wildman–Crippen MR) is 114 cm³/mol. The molecule has 0 N–H and O–H groups in total. The number of hydrogen-bond acceptors (Lipinski definition) is 0. The Balaban J connectivity index is 1.64. The molecule has 2 aromatic rings. The molecule has 3 rings (SSSR count). The van der Waals surface area contributed by atoms with Crippen LogP contribution in [-0.2, 0) is 6.42 Å². The SMILES string of the molecule is CCc1ccc(-c2ccc(C3CCC(C(I)CC)CC3)cc2)cc1. The molecule has 1 atom stereocenters. The molecule has 0 nitrogen and oxygen atoms in total. The molecule has 2 aromatic carbocycles. The second-order valence-electron chi connectivity index (χ2n) is 7.21. The summed E-state index contributed by atoms with van der Waals surface area (Å²) in [5.74, 6) is 1.72. The van der Waals surface area contributed by atoms with Gasteiger partial charge in [0.1, 0.15) is 0 Å². The van der Waals surface area contributed by atoms with Gasteiger partial charge in [0.2, 0.25) is 0 Å². The molecule has 0 bridgehead atoms. The maximum atomic E-state index is 2.66. The molecule has 1 fully saturated rings. The predicted octanol–water partition coefficient (Wildman–Crippen LogP) is 7.40. The molecule has 1 aliphatic carbocycles. The van der Waals surface area contributed by atoms with Crippen molar-refractivity contribution >= 4 is 22.6 Å². The molecule has 0 spiro atoms. The van der Waals surface area contributed by atoms with Crippen LogP contribution in [0.3, 0.4) is 0 Å². The van der Waals surface area contributed by atoms with Gasteiger partial charge in [-0.1, -0.05) is 85.0 Å². The summed E-state index contributed by atoms with van der Waals surface area (Å²) in [7, 11) is 0. The third kappa shape index (κ3) is 4.22. The van der Waals surface area contributed by atoms with Crippen molar-refractivity contribution in [2.24, 2.45) is 5.92 Å². The molecule has 0 saturated heterocycles. The van der Waals surface area contributed by atoms with Crippen LogP contribution in [0.5, 0.6) is 0 Å². The summed E-state index contributed by atoms with van der Waals surface area (Å²) in [4.78, 5) is 0. The number of hydrogen-bond donors (Lipinski definition) is 0. The summed E-state index contributed by atoms with van der Waals surface area (Å²) in [6.07, 6.45) is 7.99. The van der Waals surface area contributed by atoms with Crippen LogP contribution in [0.15, 0.2) is 48.5 Å². The van der Waals surface area contributed by atoms with Gasteiger partial charge in [0.15, 0.2) is 0 Å². The largest absolute Gasteiger partial charge is 0.0823 e. The van der Waals surface area contributed by atoms with Crippen molar-refractivity contribution in [3.8, 4) is 11.1 Å². The van der Waals surface area contributed by atoms with Crippen molar-refractivity contribution in [1.29, 1.82) is 0 Å². The van der Waals surface area contributed by atoms with E-state index in [0.717, 1.165) is 22.2 Å². The van der Waals surface area contributed by atoms with Crippen molar-refractivity contribution in [2.75, 3.05) is 0 Å². The molecule has 0 aliphatic heterocycles. The monoisotopic (exact) mass is 432 g/mol. The van der Waals surface area contributed by atoms with Crippen LogP contribution in [0.4, 0.5) is 0 Å². The molecule has 1 heteroatoms. The Bertz CT molecular complexity index is 618. The molecule has 128 valence electrons. The molecular weight excluding hydrogens is 403 g/mol. The van der Waals surface area contributed by atoms with Crippen LogP contribution in [-0.4, -0.2) is 3.92 Å². The molecule has 1 aliphatic rings. The van der Waals surface area contributed by atoms with E-state index in [0.29, 0.717) is 0 Å². The third-order valence-electron chi connectivity index (χ3n) is 5.75. The number of alkyl halides is 1. The van der Waals surface area contributed by atoms with Crippen molar-refractivity contribution in [1.82, 2.24) is 0 Å². The second kappa shape index (κ2) is 8.51. The van der Waals surface area contributed by atoms with Crippen molar-refractivity contribution in [3.05, 3.63) is 59.7 Å². The van der Waals surface area contributed by atoms with E-state index >= 15 is 0 Å². The van der Waals surface area contributed by atoms with Gasteiger partial charge in [0, 0.05) is 3.92 Å². The molecular formula is C23H29I. The van der Waals surface area contributed by atoms with Crippen LogP contribution >= 0.6 is 22.6 Å². The Labute approximate surface area is 161 Å². The maximum absolute atomic E-state index is 2.66. The molecule has 1 saturated carbocycles. The van der Waals surface area contributed by atoms with E-state index in [2.05, 4.69) is 85.0 Å². The molecule has 24 heavy (non-hydrogen) atoms. The molecule has 1 unspecified atom stereocenters. The fourth-order valence-corrected chi connectivity index (χ4v) is 4.75. The van der Waals surface area contributed by atoms with Crippen LogP contribution < -0.4 is 0 Å². The highest BCUT2D eigenvalue weighted by Gasteiger charge is 2.25. The van der Waals surface area contributed by atoms with Crippen molar-refractivity contribution < 1.29 is 0 Å². The standard InChI is InChI=1S/C23H29I/c1-3-17-5-7-18(8-6-17)19-9-11-20(12-10-19)21-13-15-22(16-14-21)23(24)4-2/h5-12,21-23H,3-4,13-16H2,1-2H3. The number of halogens is 1. The lowest BCUT2D eigenvalue weighted by atomic mass is 9.77. The summed E-state index contributed by atoms with van der Waals surface area (Å²) in [6, 6.07) is 18.4. The summed E-state index contributed by atoms with van der Waals surface area (Å²) >= 11 is 2.66. The van der Waals surface area contributed by atoms with Gasteiger partial charge in [-0.3, -0.25) is 0 Å². The average Bonchev–Trinajstić information content (AvgIpc) is 2.68. The molecule has 0 heterocycles. The molecule has 0 aromatic heterocycles. The van der Waals surface area contributed by atoms with E-state index < -0.39 is 0 Å². The van der Waals surface area contributed by atoms with Crippen LogP contribution in [0.2, 0.25) is 0 Å². The van der Waals surface area contributed by atoms with E-state index in [1.54, 1.807) is 5.56 Å². The van der Waals surface area contributed by atoms with Crippen molar-refractivity contribution in [3.63, 3.8) is 0 Å². The number of benzene rings is 2. The van der Waals surface area contributed by atoms with Gasteiger partial charge in [-0.2, -0.15) is 0 Å². The van der Waals surface area contributed by atoms with Crippen LogP contribution in [0.25, 0.3) is 11.1 Å². The Morgan fingerprint density at radius 1 is 0.833 bits per heavy atom. The van der Waals surface area contributed by atoms with Gasteiger partial charge in [-0.15, -0.1) is 0 Å². The van der Waals surface area contributed by atoms with Crippen LogP contribution in [0.1, 0.15) is 63.0 Å². The van der Waals surface area contributed by atoms with E-state index in [9.17, 15) is 0 Å². The quantitative estimate of drug-likeness (QED) is 0.341. The Morgan fingerprint density at radius 3 is 1.88 bits per heavy atom. The topological polar surface area (TPSA) is 0 Å². The van der Waals surface area contributed by atoms with E-state index in [-0.39, 0.29) is 0 Å². The minimum atomic E-state index is 0.776. The zero-order chi connectivity index (χ0) is 16.9. The first-order valence-electron chi connectivity index (χ1n) is 9.54. The zero-order valence-corrected chi connectivity index (χ0v) is 17.1. The minimum Gasteiger partial charge on any atom is -0.0823 e. The van der Waals surface area contributed by atoms with Gasteiger partial charge in [0.05, 0.1) is 0 Å². The minimum absolute atomic E-state index is 0.776. The van der Waals surface area contributed by atoms with Gasteiger partial charge < -0.3 is 0 Å².